The molecule has 0 saturated carbocycles. The fourth-order valence-electron chi connectivity index (χ4n) is 4.39. The van der Waals surface area contributed by atoms with E-state index >= 15 is 0 Å². The van der Waals surface area contributed by atoms with Crippen molar-refractivity contribution in [3.63, 3.8) is 0 Å². The number of rotatable bonds is 7. The second kappa shape index (κ2) is 9.08. The number of halogens is 1. The molecule has 2 aliphatic heterocycles. The summed E-state index contributed by atoms with van der Waals surface area (Å²) in [4.78, 5) is 40.1. The number of likely N-dealkylation sites (N-methyl/N-ethyl adjacent to an activating group) is 1. The van der Waals surface area contributed by atoms with Gasteiger partial charge < -0.3 is 16.0 Å². The second-order valence-corrected chi connectivity index (χ2v) is 8.55. The third kappa shape index (κ3) is 4.80. The first-order valence-corrected chi connectivity index (χ1v) is 10.7. The molecule has 2 aromatic rings. The molecular weight excluding hydrogens is 411 g/mol. The first-order valence-electron chi connectivity index (χ1n) is 10.7. The van der Waals surface area contributed by atoms with Crippen molar-refractivity contribution >= 4 is 23.4 Å². The Morgan fingerprint density at radius 1 is 1.28 bits per heavy atom. The Balaban J connectivity index is 1.55. The number of benzene rings is 2. The van der Waals surface area contributed by atoms with Gasteiger partial charge in [0.2, 0.25) is 17.7 Å². The molecule has 32 heavy (non-hydrogen) atoms. The zero-order chi connectivity index (χ0) is 22.8. The van der Waals surface area contributed by atoms with Crippen LogP contribution in [0.2, 0.25) is 0 Å². The van der Waals surface area contributed by atoms with E-state index in [4.69, 9.17) is 5.73 Å². The van der Waals surface area contributed by atoms with E-state index in [1.807, 2.05) is 29.2 Å². The number of hydrogen-bond acceptors (Lipinski definition) is 4. The fraction of sp³-hybridized carbons (Fsp3) is 0.375. The van der Waals surface area contributed by atoms with Crippen LogP contribution in [0.5, 0.6) is 0 Å². The van der Waals surface area contributed by atoms with E-state index in [9.17, 15) is 18.8 Å². The average molecular weight is 439 g/mol. The molecule has 3 amide bonds. The molecule has 3 N–H and O–H groups in total. The molecule has 1 saturated heterocycles. The van der Waals surface area contributed by atoms with E-state index < -0.39 is 12.1 Å². The molecule has 0 aliphatic carbocycles. The van der Waals surface area contributed by atoms with Gasteiger partial charge in [-0.1, -0.05) is 24.3 Å². The summed E-state index contributed by atoms with van der Waals surface area (Å²) in [6, 6.07) is 12.1. The molecule has 0 radical (unpaired) electrons. The summed E-state index contributed by atoms with van der Waals surface area (Å²) >= 11 is 0. The molecule has 8 heteroatoms. The predicted octanol–water partition coefficient (Wildman–Crippen LogP) is 2.07. The highest BCUT2D eigenvalue weighted by molar-refractivity contribution is 5.99. The Kier molecular flexibility index (Phi) is 6.23. The molecule has 168 valence electrons. The number of carbonyl (C=O) groups excluding carboxylic acids is 3. The quantitative estimate of drug-likeness (QED) is 0.692. The number of alkyl halides is 1. The smallest absolute Gasteiger partial charge is 0.248 e. The molecule has 2 heterocycles. The maximum absolute atomic E-state index is 13.8. The topological polar surface area (TPSA) is 95.7 Å². The highest BCUT2D eigenvalue weighted by atomic mass is 19.1. The van der Waals surface area contributed by atoms with Gasteiger partial charge in [0.1, 0.15) is 6.17 Å². The van der Waals surface area contributed by atoms with Crippen LogP contribution in [0.15, 0.2) is 42.5 Å². The van der Waals surface area contributed by atoms with Gasteiger partial charge in [0.25, 0.3) is 0 Å². The van der Waals surface area contributed by atoms with Crippen molar-refractivity contribution in [1.82, 2.24) is 9.80 Å². The van der Waals surface area contributed by atoms with Crippen LogP contribution in [0.4, 0.5) is 10.1 Å². The SMILES string of the molecule is CN(C(=O)Cc1ccc2c(c1)NC(=O)C2)C(CN1CC[C@H](F)C1)c1cccc(C(N)=O)c1. The van der Waals surface area contributed by atoms with Gasteiger partial charge in [0, 0.05) is 37.9 Å². The van der Waals surface area contributed by atoms with Crippen molar-refractivity contribution < 1.29 is 18.8 Å². The molecule has 1 fully saturated rings. The number of primary amides is 1. The summed E-state index contributed by atoms with van der Waals surface area (Å²) < 4.78 is 13.8. The number of anilines is 1. The summed E-state index contributed by atoms with van der Waals surface area (Å²) in [6.07, 6.45) is 0.132. The van der Waals surface area contributed by atoms with Crippen LogP contribution in [-0.2, 0) is 22.4 Å². The van der Waals surface area contributed by atoms with Crippen LogP contribution in [0.25, 0.3) is 0 Å². The number of amides is 3. The van der Waals surface area contributed by atoms with Gasteiger partial charge in [-0.25, -0.2) is 4.39 Å². The highest BCUT2D eigenvalue weighted by Crippen LogP contribution is 2.27. The third-order valence-electron chi connectivity index (χ3n) is 6.22. The molecule has 0 spiro atoms. The van der Waals surface area contributed by atoms with Crippen LogP contribution < -0.4 is 11.1 Å². The van der Waals surface area contributed by atoms with Crippen molar-refractivity contribution in [3.05, 3.63) is 64.7 Å². The maximum Gasteiger partial charge on any atom is 0.248 e. The number of carbonyl (C=O) groups is 3. The molecule has 2 aliphatic rings. The van der Waals surface area contributed by atoms with Crippen molar-refractivity contribution in [2.24, 2.45) is 5.73 Å². The third-order valence-corrected chi connectivity index (χ3v) is 6.22. The van der Waals surface area contributed by atoms with Crippen LogP contribution in [-0.4, -0.2) is 60.4 Å². The first kappa shape index (κ1) is 22.0. The van der Waals surface area contributed by atoms with Gasteiger partial charge in [-0.2, -0.15) is 0 Å². The van der Waals surface area contributed by atoms with Gasteiger partial charge >= 0.3 is 0 Å². The molecular formula is C24H27FN4O3. The van der Waals surface area contributed by atoms with E-state index in [-0.39, 0.29) is 24.3 Å². The largest absolute Gasteiger partial charge is 0.366 e. The predicted molar refractivity (Wildman–Crippen MR) is 119 cm³/mol. The lowest BCUT2D eigenvalue weighted by Gasteiger charge is -2.32. The number of nitrogens with two attached hydrogens (primary N) is 1. The zero-order valence-corrected chi connectivity index (χ0v) is 18.0. The Bertz CT molecular complexity index is 1060. The summed E-state index contributed by atoms with van der Waals surface area (Å²) in [5.41, 5.74) is 9.07. The van der Waals surface area contributed by atoms with Crippen molar-refractivity contribution in [3.8, 4) is 0 Å². The van der Waals surface area contributed by atoms with Gasteiger partial charge in [-0.05, 0) is 41.3 Å². The van der Waals surface area contributed by atoms with Gasteiger partial charge in [0.15, 0.2) is 0 Å². The normalized spacial score (nSPS) is 18.8. The molecule has 2 aromatic carbocycles. The van der Waals surface area contributed by atoms with Crippen LogP contribution in [0.1, 0.15) is 39.5 Å². The number of fused-ring (bicyclic) bond motifs is 1. The van der Waals surface area contributed by atoms with Crippen molar-refractivity contribution in [1.29, 1.82) is 0 Å². The number of likely N-dealkylation sites (tertiary alicyclic amines) is 1. The number of hydrogen-bond donors (Lipinski definition) is 2. The Labute approximate surface area is 186 Å². The van der Waals surface area contributed by atoms with Gasteiger partial charge in [-0.3, -0.25) is 19.3 Å². The lowest BCUT2D eigenvalue weighted by atomic mass is 10.0. The zero-order valence-electron chi connectivity index (χ0n) is 18.0. The summed E-state index contributed by atoms with van der Waals surface area (Å²) in [6.45, 7) is 1.42. The summed E-state index contributed by atoms with van der Waals surface area (Å²) in [7, 11) is 1.72. The Morgan fingerprint density at radius 3 is 2.81 bits per heavy atom. The first-order chi connectivity index (χ1) is 15.3. The van der Waals surface area contributed by atoms with E-state index in [1.165, 1.54) is 0 Å². The summed E-state index contributed by atoms with van der Waals surface area (Å²) in [5, 5.41) is 2.81. The van der Waals surface area contributed by atoms with Crippen molar-refractivity contribution in [2.45, 2.75) is 31.5 Å². The minimum absolute atomic E-state index is 0.0493. The van der Waals surface area contributed by atoms with E-state index in [0.717, 1.165) is 22.4 Å². The molecule has 0 bridgehead atoms. The van der Waals surface area contributed by atoms with E-state index in [2.05, 4.69) is 5.32 Å². The molecule has 4 rings (SSSR count). The minimum atomic E-state index is -0.866. The van der Waals surface area contributed by atoms with E-state index in [1.54, 1.807) is 30.1 Å². The lowest BCUT2D eigenvalue weighted by molar-refractivity contribution is -0.131. The standard InChI is InChI=1S/C24H27FN4O3/c1-28(23(31)10-15-5-6-16-12-22(30)27-20(16)9-15)21(14-29-8-7-19(25)13-29)17-3-2-4-18(11-17)24(26)32/h2-6,9,11,19,21H,7-8,10,12-14H2,1H3,(H2,26,32)(H,27,30)/t19-,21?/m0/s1. The van der Waals surface area contributed by atoms with Crippen LogP contribution in [0.3, 0.4) is 0 Å². The highest BCUT2D eigenvalue weighted by Gasteiger charge is 2.29. The van der Waals surface area contributed by atoms with Crippen LogP contribution in [0, 0.1) is 0 Å². The molecule has 1 unspecified atom stereocenters. The molecule has 7 nitrogen and oxygen atoms in total. The second-order valence-electron chi connectivity index (χ2n) is 8.55. The maximum atomic E-state index is 13.8. The number of nitrogens with one attached hydrogen (secondary N) is 1. The van der Waals surface area contributed by atoms with E-state index in [0.29, 0.717) is 38.0 Å². The van der Waals surface area contributed by atoms with Gasteiger partial charge in [0.05, 0.1) is 18.9 Å². The monoisotopic (exact) mass is 438 g/mol. The Hall–Kier alpha value is -3.26. The minimum Gasteiger partial charge on any atom is -0.366 e. The van der Waals surface area contributed by atoms with Crippen molar-refractivity contribution in [2.75, 3.05) is 32.0 Å². The lowest BCUT2D eigenvalue weighted by Crippen LogP contribution is -2.39. The molecule has 0 aromatic heterocycles. The Morgan fingerprint density at radius 2 is 2.09 bits per heavy atom. The number of nitrogens with zero attached hydrogens (tertiary/aromatic N) is 2. The summed E-state index contributed by atoms with van der Waals surface area (Å²) in [5.74, 6) is -0.698. The van der Waals surface area contributed by atoms with Crippen LogP contribution >= 0.6 is 0 Å². The average Bonchev–Trinajstić information content (AvgIpc) is 3.35. The van der Waals surface area contributed by atoms with Gasteiger partial charge in [-0.15, -0.1) is 0 Å². The molecule has 2 atom stereocenters. The fourth-order valence-corrected chi connectivity index (χ4v) is 4.39.